The summed E-state index contributed by atoms with van der Waals surface area (Å²) in [6.45, 7) is 3.62. The van der Waals surface area contributed by atoms with E-state index in [9.17, 15) is 19.8 Å². The normalized spacial score (nSPS) is 15.1. The molecule has 1 aliphatic rings. The second-order valence-electron chi connectivity index (χ2n) is 8.47. The second-order valence-corrected chi connectivity index (χ2v) is 8.47. The number of benzene rings is 2. The SMILES string of the molecule is CC(=O)N(c1ccc(CCNC[C@H](O)COc2ccc(O)cc2)cc1)C1CCN(C(=O)O)CC1. The fraction of sp³-hybridized carbons (Fsp3) is 0.440. The van der Waals surface area contributed by atoms with Crippen LogP contribution in [0.3, 0.4) is 0 Å². The number of piperidine rings is 1. The van der Waals surface area contributed by atoms with Crippen molar-refractivity contribution in [3.05, 3.63) is 54.1 Å². The van der Waals surface area contributed by atoms with Crippen LogP contribution in [0.1, 0.15) is 25.3 Å². The number of carbonyl (C=O) groups is 2. The molecule has 0 radical (unpaired) electrons. The zero-order chi connectivity index (χ0) is 24.5. The van der Waals surface area contributed by atoms with Gasteiger partial charge in [-0.25, -0.2) is 4.79 Å². The second kappa shape index (κ2) is 12.2. The van der Waals surface area contributed by atoms with Crippen molar-refractivity contribution >= 4 is 17.7 Å². The maximum atomic E-state index is 12.3. The molecule has 2 aromatic rings. The van der Waals surface area contributed by atoms with Gasteiger partial charge in [-0.2, -0.15) is 0 Å². The van der Waals surface area contributed by atoms with E-state index in [0.717, 1.165) is 17.7 Å². The highest BCUT2D eigenvalue weighted by Gasteiger charge is 2.29. The Kier molecular flexibility index (Phi) is 9.12. The number of phenolic OH excluding ortho intramolecular Hbond substituents is 1. The van der Waals surface area contributed by atoms with E-state index in [0.29, 0.717) is 44.8 Å². The highest BCUT2D eigenvalue weighted by atomic mass is 16.5. The summed E-state index contributed by atoms with van der Waals surface area (Å²) in [6.07, 6.45) is 0.436. The third-order valence-electron chi connectivity index (χ3n) is 5.90. The molecule has 0 spiro atoms. The first kappa shape index (κ1) is 25.3. The summed E-state index contributed by atoms with van der Waals surface area (Å²) < 4.78 is 5.50. The van der Waals surface area contributed by atoms with Crippen molar-refractivity contribution in [2.75, 3.05) is 37.7 Å². The van der Waals surface area contributed by atoms with Crippen LogP contribution in [0.15, 0.2) is 48.5 Å². The van der Waals surface area contributed by atoms with E-state index < -0.39 is 12.2 Å². The molecule has 1 atom stereocenters. The first-order valence-electron chi connectivity index (χ1n) is 11.5. The van der Waals surface area contributed by atoms with Gasteiger partial charge in [-0.05, 0) is 67.8 Å². The predicted molar refractivity (Wildman–Crippen MR) is 128 cm³/mol. The molecule has 34 heavy (non-hydrogen) atoms. The number of ether oxygens (including phenoxy) is 1. The molecule has 184 valence electrons. The average Bonchev–Trinajstić information content (AvgIpc) is 2.82. The number of carbonyl (C=O) groups excluding carboxylic acids is 1. The number of aliphatic hydroxyl groups is 1. The minimum atomic E-state index is -0.914. The van der Waals surface area contributed by atoms with Crippen molar-refractivity contribution in [3.8, 4) is 11.5 Å². The molecule has 0 unspecified atom stereocenters. The number of hydrogen-bond donors (Lipinski definition) is 4. The van der Waals surface area contributed by atoms with Gasteiger partial charge < -0.3 is 35.2 Å². The number of likely N-dealkylation sites (tertiary alicyclic amines) is 1. The lowest BCUT2D eigenvalue weighted by atomic mass is 10.0. The molecule has 2 amide bonds. The Labute approximate surface area is 199 Å². The van der Waals surface area contributed by atoms with Crippen LogP contribution in [0.25, 0.3) is 0 Å². The Bertz CT molecular complexity index is 927. The third-order valence-corrected chi connectivity index (χ3v) is 5.90. The quantitative estimate of drug-likeness (QED) is 0.393. The standard InChI is InChI=1S/C25H33N3O6/c1-18(29)28(21-11-14-27(15-12-21)25(32)33)20-4-2-19(3-5-20)10-13-26-16-23(31)17-34-24-8-6-22(30)7-9-24/h2-9,21,23,26,30-31H,10-17H2,1H3,(H,32,33)/t23-/m0/s1. The number of nitrogens with one attached hydrogen (secondary N) is 1. The van der Waals surface area contributed by atoms with Crippen molar-refractivity contribution in [1.29, 1.82) is 0 Å². The van der Waals surface area contributed by atoms with Gasteiger partial charge in [0.1, 0.15) is 24.2 Å². The Balaban J connectivity index is 1.41. The van der Waals surface area contributed by atoms with Gasteiger partial charge in [-0.15, -0.1) is 0 Å². The van der Waals surface area contributed by atoms with E-state index in [1.54, 1.807) is 17.0 Å². The van der Waals surface area contributed by atoms with Crippen LogP contribution in [-0.2, 0) is 11.2 Å². The van der Waals surface area contributed by atoms with Crippen molar-refractivity contribution in [1.82, 2.24) is 10.2 Å². The number of phenols is 1. The van der Waals surface area contributed by atoms with E-state index in [-0.39, 0.29) is 24.3 Å². The fourth-order valence-corrected chi connectivity index (χ4v) is 4.08. The van der Waals surface area contributed by atoms with Crippen LogP contribution in [-0.4, -0.2) is 77.2 Å². The minimum absolute atomic E-state index is 0.00843. The molecule has 3 rings (SSSR count). The summed E-state index contributed by atoms with van der Waals surface area (Å²) in [5.41, 5.74) is 1.93. The van der Waals surface area contributed by atoms with Crippen LogP contribution in [0.5, 0.6) is 11.5 Å². The van der Waals surface area contributed by atoms with Crippen LogP contribution in [0.4, 0.5) is 10.5 Å². The number of aromatic hydroxyl groups is 1. The smallest absolute Gasteiger partial charge is 0.407 e. The molecule has 1 fully saturated rings. The molecule has 1 aliphatic heterocycles. The zero-order valence-corrected chi connectivity index (χ0v) is 19.4. The van der Waals surface area contributed by atoms with E-state index in [2.05, 4.69) is 5.32 Å². The maximum absolute atomic E-state index is 12.3. The summed E-state index contributed by atoms with van der Waals surface area (Å²) in [4.78, 5) is 26.6. The number of aliphatic hydroxyl groups excluding tert-OH is 1. The number of amides is 2. The summed E-state index contributed by atoms with van der Waals surface area (Å²) in [7, 11) is 0. The molecule has 9 nitrogen and oxygen atoms in total. The highest BCUT2D eigenvalue weighted by Crippen LogP contribution is 2.25. The average molecular weight is 472 g/mol. The van der Waals surface area contributed by atoms with Gasteiger partial charge in [0.25, 0.3) is 0 Å². The van der Waals surface area contributed by atoms with Gasteiger partial charge in [0.05, 0.1) is 0 Å². The Morgan fingerprint density at radius 3 is 2.35 bits per heavy atom. The van der Waals surface area contributed by atoms with Crippen molar-refractivity contribution in [3.63, 3.8) is 0 Å². The lowest BCUT2D eigenvalue weighted by Gasteiger charge is -2.37. The van der Waals surface area contributed by atoms with Crippen LogP contribution < -0.4 is 15.0 Å². The molecule has 0 saturated carbocycles. The summed E-state index contributed by atoms with van der Waals surface area (Å²) in [5.74, 6) is 0.702. The van der Waals surface area contributed by atoms with Crippen molar-refractivity contribution < 1.29 is 29.6 Å². The molecular formula is C25H33N3O6. The van der Waals surface area contributed by atoms with E-state index in [4.69, 9.17) is 9.84 Å². The van der Waals surface area contributed by atoms with Gasteiger partial charge in [0, 0.05) is 38.3 Å². The minimum Gasteiger partial charge on any atom is -0.508 e. The van der Waals surface area contributed by atoms with Gasteiger partial charge in [-0.1, -0.05) is 12.1 Å². The monoisotopic (exact) mass is 471 g/mol. The van der Waals surface area contributed by atoms with Crippen LogP contribution in [0, 0.1) is 0 Å². The lowest BCUT2D eigenvalue weighted by molar-refractivity contribution is -0.117. The molecule has 1 heterocycles. The van der Waals surface area contributed by atoms with E-state index in [1.807, 2.05) is 24.3 Å². The topological polar surface area (TPSA) is 123 Å². The number of hydrogen-bond acceptors (Lipinski definition) is 6. The van der Waals surface area contributed by atoms with Gasteiger partial charge >= 0.3 is 6.09 Å². The largest absolute Gasteiger partial charge is 0.508 e. The number of carboxylic acid groups (broad SMARTS) is 1. The third kappa shape index (κ3) is 7.36. The van der Waals surface area contributed by atoms with Gasteiger partial charge in [0.15, 0.2) is 0 Å². The fourth-order valence-electron chi connectivity index (χ4n) is 4.08. The van der Waals surface area contributed by atoms with Crippen molar-refractivity contribution in [2.45, 2.75) is 38.3 Å². The maximum Gasteiger partial charge on any atom is 0.407 e. The van der Waals surface area contributed by atoms with Crippen molar-refractivity contribution in [2.24, 2.45) is 0 Å². The lowest BCUT2D eigenvalue weighted by Crippen LogP contribution is -2.48. The number of nitrogens with zero attached hydrogens (tertiary/aromatic N) is 2. The highest BCUT2D eigenvalue weighted by molar-refractivity contribution is 5.92. The molecule has 0 bridgehead atoms. The molecule has 4 N–H and O–H groups in total. The molecule has 9 heteroatoms. The molecule has 0 aliphatic carbocycles. The van der Waals surface area contributed by atoms with Crippen LogP contribution >= 0.6 is 0 Å². The predicted octanol–water partition coefficient (Wildman–Crippen LogP) is 2.46. The first-order chi connectivity index (χ1) is 16.3. The molecule has 1 saturated heterocycles. The molecular weight excluding hydrogens is 438 g/mol. The Hall–Kier alpha value is -3.30. The van der Waals surface area contributed by atoms with E-state index in [1.165, 1.54) is 24.0 Å². The number of rotatable bonds is 10. The zero-order valence-electron chi connectivity index (χ0n) is 19.4. The molecule has 0 aromatic heterocycles. The summed E-state index contributed by atoms with van der Waals surface area (Å²) >= 11 is 0. The summed E-state index contributed by atoms with van der Waals surface area (Å²) in [6, 6.07) is 14.2. The molecule has 2 aromatic carbocycles. The van der Waals surface area contributed by atoms with E-state index >= 15 is 0 Å². The van der Waals surface area contributed by atoms with Crippen LogP contribution in [0.2, 0.25) is 0 Å². The first-order valence-corrected chi connectivity index (χ1v) is 11.5. The number of anilines is 1. The van der Waals surface area contributed by atoms with Gasteiger partial charge in [0.2, 0.25) is 5.91 Å². The Morgan fingerprint density at radius 1 is 1.12 bits per heavy atom. The van der Waals surface area contributed by atoms with Gasteiger partial charge in [-0.3, -0.25) is 4.79 Å². The Morgan fingerprint density at radius 2 is 1.76 bits per heavy atom. The summed E-state index contributed by atoms with van der Waals surface area (Å²) in [5, 5.41) is 31.7.